The fourth-order valence-corrected chi connectivity index (χ4v) is 1.62. The lowest BCUT2D eigenvalue weighted by molar-refractivity contribution is -0.132. The minimum absolute atomic E-state index is 0.144. The van der Waals surface area contributed by atoms with Crippen LogP contribution in [-0.4, -0.2) is 43.3 Å². The molecule has 0 rings (SSSR count). The minimum Gasteiger partial charge on any atom is -0.330 e. The fourth-order valence-electron chi connectivity index (χ4n) is 1.17. The van der Waals surface area contributed by atoms with E-state index in [1.807, 2.05) is 6.92 Å². The van der Waals surface area contributed by atoms with Crippen molar-refractivity contribution < 1.29 is 13.2 Å². The summed E-state index contributed by atoms with van der Waals surface area (Å²) in [5.41, 5.74) is 0. The van der Waals surface area contributed by atoms with Crippen LogP contribution < -0.4 is 0 Å². The summed E-state index contributed by atoms with van der Waals surface area (Å²) < 4.78 is 21.6. The van der Waals surface area contributed by atoms with Gasteiger partial charge < -0.3 is 4.90 Å². The summed E-state index contributed by atoms with van der Waals surface area (Å²) in [7, 11) is -3.44. The van der Waals surface area contributed by atoms with E-state index in [9.17, 15) is 13.2 Å². The Morgan fingerprint density at radius 2 is 1.94 bits per heavy atom. The van der Waals surface area contributed by atoms with E-state index >= 15 is 0 Å². The molecule has 0 aromatic rings. The highest BCUT2D eigenvalue weighted by Crippen LogP contribution is 2.18. The maximum atomic E-state index is 12.0. The lowest BCUT2D eigenvalue weighted by Crippen LogP contribution is -2.50. The molecule has 0 spiro atoms. The van der Waals surface area contributed by atoms with Crippen LogP contribution >= 0.6 is 0 Å². The molecule has 0 radical (unpaired) electrons. The van der Waals surface area contributed by atoms with Crippen LogP contribution in [-0.2, 0) is 14.6 Å². The van der Waals surface area contributed by atoms with Crippen molar-refractivity contribution in [1.29, 1.82) is 0 Å². The Morgan fingerprint density at radius 3 is 2.25 bits per heavy atom. The van der Waals surface area contributed by atoms with Crippen LogP contribution in [0.4, 0.5) is 0 Å². The van der Waals surface area contributed by atoms with Crippen LogP contribution in [0.5, 0.6) is 0 Å². The van der Waals surface area contributed by atoms with Gasteiger partial charge in [0.25, 0.3) is 0 Å². The molecule has 0 unspecified atom stereocenters. The summed E-state index contributed by atoms with van der Waals surface area (Å²) in [6, 6.07) is 0. The topological polar surface area (TPSA) is 54.5 Å². The third-order valence-corrected chi connectivity index (χ3v) is 4.53. The minimum atomic E-state index is -3.44. The predicted octanol–water partition coefficient (Wildman–Crippen LogP) is 0.681. The zero-order valence-corrected chi connectivity index (χ0v) is 11.1. The van der Waals surface area contributed by atoms with Crippen LogP contribution in [0.25, 0.3) is 0 Å². The quantitative estimate of drug-likeness (QED) is 0.669. The standard InChI is InChI=1S/C11H19NO3S/c1-6-8-12(9-7-2)10(13)11(3,4)16(5,14)15/h1H,7-9H2,2-5H3. The zero-order valence-electron chi connectivity index (χ0n) is 10.3. The van der Waals surface area contributed by atoms with Gasteiger partial charge in [-0.1, -0.05) is 12.8 Å². The molecule has 0 aliphatic rings. The molecule has 0 fully saturated rings. The van der Waals surface area contributed by atoms with Crippen LogP contribution in [0.3, 0.4) is 0 Å². The summed E-state index contributed by atoms with van der Waals surface area (Å²) in [6.07, 6.45) is 6.96. The van der Waals surface area contributed by atoms with Crippen LogP contribution in [0.15, 0.2) is 0 Å². The van der Waals surface area contributed by atoms with Crippen LogP contribution in [0.2, 0.25) is 0 Å². The van der Waals surface area contributed by atoms with Crippen molar-refractivity contribution in [3.8, 4) is 12.3 Å². The van der Waals surface area contributed by atoms with Crippen LogP contribution in [0.1, 0.15) is 27.2 Å². The number of carbonyl (C=O) groups excluding carboxylic acids is 1. The Labute approximate surface area is 97.9 Å². The molecule has 0 saturated carbocycles. The smallest absolute Gasteiger partial charge is 0.244 e. The summed E-state index contributed by atoms with van der Waals surface area (Å²) >= 11 is 0. The lowest BCUT2D eigenvalue weighted by Gasteiger charge is -2.29. The molecule has 0 saturated heterocycles. The molecule has 92 valence electrons. The molecule has 0 aromatic heterocycles. The molecular formula is C11H19NO3S. The number of rotatable bonds is 5. The van der Waals surface area contributed by atoms with Gasteiger partial charge in [0, 0.05) is 12.8 Å². The van der Waals surface area contributed by atoms with Gasteiger partial charge in [-0.2, -0.15) is 0 Å². The number of nitrogens with zero attached hydrogens (tertiary/aromatic N) is 1. The third-order valence-electron chi connectivity index (χ3n) is 2.50. The van der Waals surface area contributed by atoms with Gasteiger partial charge in [-0.3, -0.25) is 4.79 Å². The number of carbonyl (C=O) groups is 1. The highest BCUT2D eigenvalue weighted by Gasteiger charge is 2.40. The lowest BCUT2D eigenvalue weighted by atomic mass is 10.1. The van der Waals surface area contributed by atoms with Gasteiger partial charge in [0.2, 0.25) is 5.91 Å². The first-order valence-corrected chi connectivity index (χ1v) is 7.00. The van der Waals surface area contributed by atoms with E-state index in [4.69, 9.17) is 6.42 Å². The highest BCUT2D eigenvalue weighted by atomic mass is 32.2. The van der Waals surface area contributed by atoms with E-state index in [1.165, 1.54) is 18.7 Å². The maximum Gasteiger partial charge on any atom is 0.244 e. The Morgan fingerprint density at radius 1 is 1.44 bits per heavy atom. The molecule has 4 nitrogen and oxygen atoms in total. The number of amides is 1. The fraction of sp³-hybridized carbons (Fsp3) is 0.727. The van der Waals surface area contributed by atoms with Crippen molar-refractivity contribution in [1.82, 2.24) is 4.90 Å². The van der Waals surface area contributed by atoms with E-state index < -0.39 is 20.5 Å². The SMILES string of the molecule is C#CCN(CCC)C(=O)C(C)(C)S(C)(=O)=O. The summed E-state index contributed by atoms with van der Waals surface area (Å²) in [5, 5.41) is 0. The molecule has 0 bridgehead atoms. The summed E-state index contributed by atoms with van der Waals surface area (Å²) in [5.74, 6) is 1.93. The van der Waals surface area contributed by atoms with E-state index in [2.05, 4.69) is 5.92 Å². The van der Waals surface area contributed by atoms with Crippen molar-refractivity contribution in [2.45, 2.75) is 31.9 Å². The second-order valence-electron chi connectivity index (χ2n) is 4.21. The Bertz CT molecular complexity index is 390. The number of hydrogen-bond donors (Lipinski definition) is 0. The van der Waals surface area contributed by atoms with Gasteiger partial charge in [-0.05, 0) is 20.3 Å². The third kappa shape index (κ3) is 3.24. The van der Waals surface area contributed by atoms with Gasteiger partial charge in [0.15, 0.2) is 9.84 Å². The molecule has 0 aliphatic heterocycles. The van der Waals surface area contributed by atoms with E-state index in [-0.39, 0.29) is 6.54 Å². The highest BCUT2D eigenvalue weighted by molar-refractivity contribution is 7.92. The molecule has 1 amide bonds. The van der Waals surface area contributed by atoms with Crippen LogP contribution in [0, 0.1) is 12.3 Å². The first-order valence-electron chi connectivity index (χ1n) is 5.11. The van der Waals surface area contributed by atoms with Gasteiger partial charge in [-0.15, -0.1) is 6.42 Å². The predicted molar refractivity (Wildman–Crippen MR) is 64.6 cm³/mol. The monoisotopic (exact) mass is 245 g/mol. The molecule has 16 heavy (non-hydrogen) atoms. The molecule has 0 N–H and O–H groups in total. The van der Waals surface area contributed by atoms with E-state index in [0.717, 1.165) is 12.7 Å². The van der Waals surface area contributed by atoms with Crippen molar-refractivity contribution in [2.24, 2.45) is 0 Å². The largest absolute Gasteiger partial charge is 0.330 e. The first-order chi connectivity index (χ1) is 7.18. The molecule has 0 atom stereocenters. The van der Waals surface area contributed by atoms with Crippen molar-refractivity contribution in [2.75, 3.05) is 19.3 Å². The van der Waals surface area contributed by atoms with Gasteiger partial charge in [0.05, 0.1) is 6.54 Å². The number of terminal acetylenes is 1. The first kappa shape index (κ1) is 15.0. The molecular weight excluding hydrogens is 226 g/mol. The van der Waals surface area contributed by atoms with Crippen molar-refractivity contribution >= 4 is 15.7 Å². The second-order valence-corrected chi connectivity index (χ2v) is 6.78. The van der Waals surface area contributed by atoms with Crippen molar-refractivity contribution in [3.63, 3.8) is 0 Å². The molecule has 0 aliphatic carbocycles. The van der Waals surface area contributed by atoms with E-state index in [1.54, 1.807) is 0 Å². The zero-order chi connectivity index (χ0) is 13.0. The molecule has 5 heteroatoms. The maximum absolute atomic E-state index is 12.0. The average molecular weight is 245 g/mol. The summed E-state index contributed by atoms with van der Waals surface area (Å²) in [6.45, 7) is 5.34. The van der Waals surface area contributed by atoms with Gasteiger partial charge >= 0.3 is 0 Å². The Balaban J connectivity index is 5.09. The Hall–Kier alpha value is -1.02. The Kier molecular flexibility index (Phi) is 5.01. The van der Waals surface area contributed by atoms with Gasteiger partial charge in [-0.25, -0.2) is 8.42 Å². The average Bonchev–Trinajstić information content (AvgIpc) is 2.14. The van der Waals surface area contributed by atoms with Crippen molar-refractivity contribution in [3.05, 3.63) is 0 Å². The molecule has 0 aromatic carbocycles. The summed E-state index contributed by atoms with van der Waals surface area (Å²) in [4.78, 5) is 13.4. The normalized spacial score (nSPS) is 11.9. The second kappa shape index (κ2) is 5.35. The van der Waals surface area contributed by atoms with E-state index in [0.29, 0.717) is 6.54 Å². The number of sulfone groups is 1. The van der Waals surface area contributed by atoms with Gasteiger partial charge in [0.1, 0.15) is 4.75 Å². The molecule has 0 heterocycles. The number of hydrogen-bond acceptors (Lipinski definition) is 3.